The second-order valence-electron chi connectivity index (χ2n) is 6.95. The molecule has 0 saturated carbocycles. The van der Waals surface area contributed by atoms with Gasteiger partial charge in [0.1, 0.15) is 11.1 Å². The summed E-state index contributed by atoms with van der Waals surface area (Å²) >= 11 is 0. The highest BCUT2D eigenvalue weighted by Gasteiger charge is 2.32. The summed E-state index contributed by atoms with van der Waals surface area (Å²) in [5.41, 5.74) is 2.76. The van der Waals surface area contributed by atoms with Crippen LogP contribution in [-0.2, 0) is 11.2 Å². The standard InChI is InChI=1S/C20H19N3O3/c1-12(24)22-14-7-5-8-15-18(14)21-11-17(23-15)25-16-9-4-6-13-10-20(2,3)26-19(13)16/h4-9,11H,10H2,1-3H3,(H,22,24). The van der Waals surface area contributed by atoms with Crippen molar-refractivity contribution in [1.29, 1.82) is 0 Å². The Morgan fingerprint density at radius 1 is 1.23 bits per heavy atom. The van der Waals surface area contributed by atoms with E-state index in [4.69, 9.17) is 9.47 Å². The van der Waals surface area contributed by atoms with Crippen molar-refractivity contribution in [3.05, 3.63) is 48.2 Å². The molecule has 1 amide bonds. The number of carbonyl (C=O) groups excluding carboxylic acids is 1. The zero-order valence-electron chi connectivity index (χ0n) is 14.9. The lowest BCUT2D eigenvalue weighted by molar-refractivity contribution is -0.114. The van der Waals surface area contributed by atoms with Gasteiger partial charge in [0.25, 0.3) is 0 Å². The van der Waals surface area contributed by atoms with Gasteiger partial charge < -0.3 is 14.8 Å². The number of rotatable bonds is 3. The van der Waals surface area contributed by atoms with Crippen LogP contribution in [0.25, 0.3) is 11.0 Å². The van der Waals surface area contributed by atoms with E-state index >= 15 is 0 Å². The Bertz CT molecular complexity index is 1010. The number of fused-ring (bicyclic) bond motifs is 2. The highest BCUT2D eigenvalue weighted by molar-refractivity contribution is 5.98. The van der Waals surface area contributed by atoms with Crippen molar-refractivity contribution in [2.45, 2.75) is 32.8 Å². The molecule has 2 heterocycles. The molecule has 6 nitrogen and oxygen atoms in total. The number of anilines is 1. The van der Waals surface area contributed by atoms with Crippen LogP contribution in [0.2, 0.25) is 0 Å². The Kier molecular flexibility index (Phi) is 3.76. The van der Waals surface area contributed by atoms with Gasteiger partial charge in [0.2, 0.25) is 11.8 Å². The van der Waals surface area contributed by atoms with Crippen LogP contribution >= 0.6 is 0 Å². The molecule has 6 heteroatoms. The van der Waals surface area contributed by atoms with Crippen molar-refractivity contribution in [1.82, 2.24) is 9.97 Å². The van der Waals surface area contributed by atoms with Gasteiger partial charge in [0.15, 0.2) is 11.5 Å². The number of carbonyl (C=O) groups is 1. The summed E-state index contributed by atoms with van der Waals surface area (Å²) in [5.74, 6) is 1.60. The number of aromatic nitrogens is 2. The first-order chi connectivity index (χ1) is 12.4. The van der Waals surface area contributed by atoms with Crippen LogP contribution in [0.15, 0.2) is 42.6 Å². The van der Waals surface area contributed by atoms with E-state index in [9.17, 15) is 4.79 Å². The summed E-state index contributed by atoms with van der Waals surface area (Å²) in [5, 5.41) is 2.76. The van der Waals surface area contributed by atoms with Crippen molar-refractivity contribution in [3.63, 3.8) is 0 Å². The van der Waals surface area contributed by atoms with E-state index in [1.165, 1.54) is 6.92 Å². The maximum atomic E-state index is 11.3. The molecule has 0 atom stereocenters. The van der Waals surface area contributed by atoms with Crippen LogP contribution in [0, 0.1) is 0 Å². The molecule has 2 aromatic carbocycles. The van der Waals surface area contributed by atoms with Crippen molar-refractivity contribution < 1.29 is 14.3 Å². The molecule has 0 bridgehead atoms. The molecule has 0 aliphatic carbocycles. The molecule has 1 aliphatic rings. The number of benzene rings is 2. The molecule has 1 N–H and O–H groups in total. The van der Waals surface area contributed by atoms with E-state index in [0.717, 1.165) is 17.7 Å². The first-order valence-electron chi connectivity index (χ1n) is 8.43. The van der Waals surface area contributed by atoms with Crippen molar-refractivity contribution in [2.24, 2.45) is 0 Å². The van der Waals surface area contributed by atoms with Gasteiger partial charge in [-0.1, -0.05) is 18.2 Å². The topological polar surface area (TPSA) is 73.3 Å². The minimum absolute atomic E-state index is 0.153. The third-order valence-electron chi connectivity index (χ3n) is 4.13. The smallest absolute Gasteiger partial charge is 0.238 e. The average Bonchev–Trinajstić information content (AvgIpc) is 2.89. The summed E-state index contributed by atoms with van der Waals surface area (Å²) in [6.07, 6.45) is 2.39. The van der Waals surface area contributed by atoms with E-state index in [1.54, 1.807) is 12.3 Å². The molecule has 1 aliphatic heterocycles. The highest BCUT2D eigenvalue weighted by Crippen LogP contribution is 2.43. The molecule has 3 aromatic rings. The highest BCUT2D eigenvalue weighted by atomic mass is 16.5. The fourth-order valence-electron chi connectivity index (χ4n) is 3.14. The Hall–Kier alpha value is -3.15. The Morgan fingerprint density at radius 3 is 2.85 bits per heavy atom. The molecule has 132 valence electrons. The molecular weight excluding hydrogens is 330 g/mol. The summed E-state index contributed by atoms with van der Waals surface area (Å²) in [4.78, 5) is 20.2. The molecule has 0 fully saturated rings. The first kappa shape index (κ1) is 16.3. The zero-order chi connectivity index (χ0) is 18.3. The predicted molar refractivity (Wildman–Crippen MR) is 98.8 cm³/mol. The number of nitrogens with one attached hydrogen (secondary N) is 1. The van der Waals surface area contributed by atoms with E-state index in [0.29, 0.717) is 28.4 Å². The van der Waals surface area contributed by atoms with Gasteiger partial charge in [-0.15, -0.1) is 0 Å². The lowest BCUT2D eigenvalue weighted by atomic mass is 10.0. The normalized spacial score (nSPS) is 14.6. The lowest BCUT2D eigenvalue weighted by Crippen LogP contribution is -2.24. The van der Waals surface area contributed by atoms with Gasteiger partial charge in [-0.3, -0.25) is 4.79 Å². The molecular formula is C20H19N3O3. The van der Waals surface area contributed by atoms with Gasteiger partial charge in [0.05, 0.1) is 17.4 Å². The zero-order valence-corrected chi connectivity index (χ0v) is 14.9. The number of amides is 1. The maximum absolute atomic E-state index is 11.3. The van der Waals surface area contributed by atoms with E-state index in [-0.39, 0.29) is 11.5 Å². The SMILES string of the molecule is CC(=O)Nc1cccc2nc(Oc3cccc4c3OC(C)(C)C4)cnc12. The predicted octanol–water partition coefficient (Wildman–Crippen LogP) is 4.09. The van der Waals surface area contributed by atoms with Crippen LogP contribution in [0.5, 0.6) is 17.4 Å². The van der Waals surface area contributed by atoms with Gasteiger partial charge in [-0.2, -0.15) is 0 Å². The minimum atomic E-state index is -0.246. The van der Waals surface area contributed by atoms with Gasteiger partial charge in [-0.05, 0) is 32.0 Å². The van der Waals surface area contributed by atoms with Gasteiger partial charge in [-0.25, -0.2) is 9.97 Å². The third kappa shape index (κ3) is 3.06. The monoisotopic (exact) mass is 349 g/mol. The fourth-order valence-corrected chi connectivity index (χ4v) is 3.14. The number of para-hydroxylation sites is 2. The Morgan fingerprint density at radius 2 is 2.04 bits per heavy atom. The molecule has 0 saturated heterocycles. The molecule has 4 rings (SSSR count). The third-order valence-corrected chi connectivity index (χ3v) is 4.13. The van der Waals surface area contributed by atoms with Crippen molar-refractivity contribution in [3.8, 4) is 17.4 Å². The van der Waals surface area contributed by atoms with Crippen LogP contribution in [0.3, 0.4) is 0 Å². The number of nitrogens with zero attached hydrogens (tertiary/aromatic N) is 2. The largest absolute Gasteiger partial charge is 0.483 e. The Balaban J connectivity index is 1.68. The number of hydrogen-bond donors (Lipinski definition) is 1. The first-order valence-corrected chi connectivity index (χ1v) is 8.43. The van der Waals surface area contributed by atoms with Crippen molar-refractivity contribution in [2.75, 3.05) is 5.32 Å². The second-order valence-corrected chi connectivity index (χ2v) is 6.95. The molecule has 1 aromatic heterocycles. The van der Waals surface area contributed by atoms with Crippen molar-refractivity contribution >= 4 is 22.6 Å². The van der Waals surface area contributed by atoms with Crippen LogP contribution < -0.4 is 14.8 Å². The average molecular weight is 349 g/mol. The van der Waals surface area contributed by atoms with E-state index in [2.05, 4.69) is 29.1 Å². The molecule has 0 unspecified atom stereocenters. The lowest BCUT2D eigenvalue weighted by Gasteiger charge is -2.18. The van der Waals surface area contributed by atoms with E-state index < -0.39 is 0 Å². The summed E-state index contributed by atoms with van der Waals surface area (Å²) in [7, 11) is 0. The van der Waals surface area contributed by atoms with Crippen LogP contribution in [0.1, 0.15) is 26.3 Å². The molecule has 0 spiro atoms. The summed E-state index contributed by atoms with van der Waals surface area (Å²) in [6.45, 7) is 5.56. The van der Waals surface area contributed by atoms with Gasteiger partial charge >= 0.3 is 0 Å². The van der Waals surface area contributed by atoms with Gasteiger partial charge in [0, 0.05) is 18.9 Å². The molecule has 0 radical (unpaired) electrons. The Labute approximate surface area is 151 Å². The van der Waals surface area contributed by atoms with Crippen LogP contribution in [0.4, 0.5) is 5.69 Å². The second kappa shape index (κ2) is 5.98. The fraction of sp³-hybridized carbons (Fsp3) is 0.250. The molecule has 26 heavy (non-hydrogen) atoms. The summed E-state index contributed by atoms with van der Waals surface area (Å²) < 4.78 is 12.0. The quantitative estimate of drug-likeness (QED) is 0.771. The van der Waals surface area contributed by atoms with Crippen LogP contribution in [-0.4, -0.2) is 21.5 Å². The number of hydrogen-bond acceptors (Lipinski definition) is 5. The number of ether oxygens (including phenoxy) is 2. The summed E-state index contributed by atoms with van der Waals surface area (Å²) in [6, 6.07) is 11.3. The maximum Gasteiger partial charge on any atom is 0.238 e. The van der Waals surface area contributed by atoms with E-state index in [1.807, 2.05) is 30.3 Å². The minimum Gasteiger partial charge on any atom is -0.483 e.